The summed E-state index contributed by atoms with van der Waals surface area (Å²) in [7, 11) is -3.27. The van der Waals surface area contributed by atoms with E-state index in [1.807, 2.05) is 0 Å². The van der Waals surface area contributed by atoms with E-state index < -0.39 is 10.2 Å². The Morgan fingerprint density at radius 3 is 1.86 bits per heavy atom. The molecule has 0 amide bonds. The Labute approximate surface area is 127 Å². The fraction of sp³-hybridized carbons (Fsp3) is 1.00. The minimum Gasteiger partial charge on any atom is -0.350 e. The summed E-state index contributed by atoms with van der Waals surface area (Å²) >= 11 is 0. The maximum Gasteiger partial charge on any atom is 0.281 e. The molecule has 3 rings (SSSR count). The van der Waals surface area contributed by atoms with E-state index in [4.69, 9.17) is 9.47 Å². The lowest BCUT2D eigenvalue weighted by atomic mass is 9.98. The minimum absolute atomic E-state index is 0.118. The van der Waals surface area contributed by atoms with E-state index in [1.54, 1.807) is 8.61 Å². The van der Waals surface area contributed by atoms with E-state index in [1.165, 1.54) is 0 Å². The van der Waals surface area contributed by atoms with E-state index >= 15 is 0 Å². The molecule has 0 unspecified atom stereocenters. The molecule has 0 aromatic rings. The first-order valence-corrected chi connectivity index (χ1v) is 9.56. The van der Waals surface area contributed by atoms with Gasteiger partial charge in [-0.15, -0.1) is 0 Å². The highest BCUT2D eigenvalue weighted by atomic mass is 32.2. The third-order valence-corrected chi connectivity index (χ3v) is 6.78. The smallest absolute Gasteiger partial charge is 0.281 e. The van der Waals surface area contributed by atoms with Crippen LogP contribution >= 0.6 is 0 Å². The van der Waals surface area contributed by atoms with Crippen LogP contribution in [0.15, 0.2) is 0 Å². The second-order valence-corrected chi connectivity index (χ2v) is 8.10. The summed E-state index contributed by atoms with van der Waals surface area (Å²) in [6.45, 7) is 3.86. The Kier molecular flexibility index (Phi) is 5.16. The van der Waals surface area contributed by atoms with E-state index in [9.17, 15) is 8.42 Å². The molecule has 122 valence electrons. The normalized spacial score (nSPS) is 28.8. The van der Waals surface area contributed by atoms with Gasteiger partial charge in [0.2, 0.25) is 0 Å². The number of hydrogen-bond donors (Lipinski definition) is 0. The lowest BCUT2D eigenvalue weighted by molar-refractivity contribution is -0.0939. The van der Waals surface area contributed by atoms with E-state index in [0.29, 0.717) is 45.3 Å². The quantitative estimate of drug-likeness (QED) is 0.784. The fourth-order valence-corrected chi connectivity index (χ4v) is 5.18. The standard InChI is InChI=1S/C14H26N2O4S/c17-21(18,15-7-3-1-2-4-8-15)16-9-5-13(6-10-16)14-19-11-12-20-14/h13-14H,1-12H2. The molecule has 0 radical (unpaired) electrons. The van der Waals surface area contributed by atoms with Crippen LogP contribution in [0, 0.1) is 5.92 Å². The number of piperidine rings is 1. The first-order valence-electron chi connectivity index (χ1n) is 8.16. The molecule has 7 heteroatoms. The highest BCUT2D eigenvalue weighted by molar-refractivity contribution is 7.86. The molecule has 3 heterocycles. The molecule has 0 N–H and O–H groups in total. The van der Waals surface area contributed by atoms with Crippen LogP contribution in [-0.2, 0) is 19.7 Å². The maximum atomic E-state index is 12.7. The van der Waals surface area contributed by atoms with Crippen LogP contribution in [-0.4, -0.2) is 62.7 Å². The largest absolute Gasteiger partial charge is 0.350 e. The van der Waals surface area contributed by atoms with Gasteiger partial charge in [-0.25, -0.2) is 0 Å². The monoisotopic (exact) mass is 318 g/mol. The topological polar surface area (TPSA) is 59.1 Å². The predicted octanol–water partition coefficient (Wildman–Crippen LogP) is 1.19. The predicted molar refractivity (Wildman–Crippen MR) is 78.9 cm³/mol. The summed E-state index contributed by atoms with van der Waals surface area (Å²) in [5.41, 5.74) is 0. The Morgan fingerprint density at radius 1 is 0.762 bits per heavy atom. The number of hydrogen-bond acceptors (Lipinski definition) is 4. The fourth-order valence-electron chi connectivity index (χ4n) is 3.46. The lowest BCUT2D eigenvalue weighted by Gasteiger charge is -2.35. The summed E-state index contributed by atoms with van der Waals surface area (Å²) in [4.78, 5) is 0. The van der Waals surface area contributed by atoms with E-state index in [0.717, 1.165) is 38.5 Å². The first-order chi connectivity index (χ1) is 10.2. The van der Waals surface area contributed by atoms with Gasteiger partial charge in [-0.3, -0.25) is 0 Å². The summed E-state index contributed by atoms with van der Waals surface area (Å²) in [6, 6.07) is 0. The molecule has 0 aromatic heterocycles. The van der Waals surface area contributed by atoms with Gasteiger partial charge in [0.25, 0.3) is 10.2 Å². The zero-order chi connectivity index (χ0) is 14.7. The molecule has 0 atom stereocenters. The number of ether oxygens (including phenoxy) is 2. The molecule has 0 aliphatic carbocycles. The van der Waals surface area contributed by atoms with Crippen molar-refractivity contribution in [2.75, 3.05) is 39.4 Å². The van der Waals surface area contributed by atoms with Crippen molar-refractivity contribution in [2.24, 2.45) is 5.92 Å². The molecule has 0 aromatic carbocycles. The highest BCUT2D eigenvalue weighted by Crippen LogP contribution is 2.28. The number of nitrogens with zero attached hydrogens (tertiary/aromatic N) is 2. The van der Waals surface area contributed by atoms with Crippen molar-refractivity contribution >= 4 is 10.2 Å². The van der Waals surface area contributed by atoms with Gasteiger partial charge in [-0.05, 0) is 25.7 Å². The molecular weight excluding hydrogens is 292 g/mol. The van der Waals surface area contributed by atoms with Crippen LogP contribution in [0.2, 0.25) is 0 Å². The lowest BCUT2D eigenvalue weighted by Crippen LogP contribution is -2.48. The molecule has 0 bridgehead atoms. The van der Waals surface area contributed by atoms with Crippen LogP contribution < -0.4 is 0 Å². The van der Waals surface area contributed by atoms with Crippen molar-refractivity contribution in [3.05, 3.63) is 0 Å². The van der Waals surface area contributed by atoms with Crippen LogP contribution in [0.4, 0.5) is 0 Å². The molecule has 0 saturated carbocycles. The van der Waals surface area contributed by atoms with Gasteiger partial charge in [-0.1, -0.05) is 12.8 Å². The Morgan fingerprint density at radius 2 is 1.29 bits per heavy atom. The van der Waals surface area contributed by atoms with Crippen LogP contribution in [0.3, 0.4) is 0 Å². The van der Waals surface area contributed by atoms with Crippen molar-refractivity contribution in [1.29, 1.82) is 0 Å². The molecule has 3 aliphatic heterocycles. The molecule has 21 heavy (non-hydrogen) atoms. The van der Waals surface area contributed by atoms with Crippen LogP contribution in [0.5, 0.6) is 0 Å². The maximum absolute atomic E-state index is 12.7. The minimum atomic E-state index is -3.27. The second kappa shape index (κ2) is 6.91. The number of rotatable bonds is 3. The molecule has 3 saturated heterocycles. The van der Waals surface area contributed by atoms with Crippen molar-refractivity contribution in [3.8, 4) is 0 Å². The molecular formula is C14H26N2O4S. The van der Waals surface area contributed by atoms with Crippen LogP contribution in [0.1, 0.15) is 38.5 Å². The van der Waals surface area contributed by atoms with Gasteiger partial charge in [-0.2, -0.15) is 17.0 Å². The SMILES string of the molecule is O=S(=O)(N1CCCCCC1)N1CCC(C2OCCO2)CC1. The van der Waals surface area contributed by atoms with E-state index in [2.05, 4.69) is 0 Å². The van der Waals surface area contributed by atoms with Gasteiger partial charge in [0.15, 0.2) is 6.29 Å². The Bertz CT molecular complexity index is 420. The van der Waals surface area contributed by atoms with Gasteiger partial charge >= 0.3 is 0 Å². The second-order valence-electron chi connectivity index (χ2n) is 6.17. The summed E-state index contributed by atoms with van der Waals surface area (Å²) in [5.74, 6) is 0.336. The average molecular weight is 318 g/mol. The zero-order valence-electron chi connectivity index (χ0n) is 12.6. The van der Waals surface area contributed by atoms with Gasteiger partial charge in [0.05, 0.1) is 13.2 Å². The molecule has 6 nitrogen and oxygen atoms in total. The van der Waals surface area contributed by atoms with Crippen molar-refractivity contribution in [2.45, 2.75) is 44.8 Å². The highest BCUT2D eigenvalue weighted by Gasteiger charge is 2.36. The first kappa shape index (κ1) is 15.7. The van der Waals surface area contributed by atoms with Crippen molar-refractivity contribution in [1.82, 2.24) is 8.61 Å². The third-order valence-electron chi connectivity index (χ3n) is 4.75. The molecule has 0 spiro atoms. The summed E-state index contributed by atoms with van der Waals surface area (Å²) < 4.78 is 39.9. The Balaban J connectivity index is 1.57. The zero-order valence-corrected chi connectivity index (χ0v) is 13.4. The molecule has 3 fully saturated rings. The van der Waals surface area contributed by atoms with Gasteiger partial charge in [0.1, 0.15) is 0 Å². The summed E-state index contributed by atoms with van der Waals surface area (Å²) in [5, 5.41) is 0. The average Bonchev–Trinajstić information content (AvgIpc) is 2.89. The molecule has 3 aliphatic rings. The van der Waals surface area contributed by atoms with Gasteiger partial charge < -0.3 is 9.47 Å². The van der Waals surface area contributed by atoms with Crippen molar-refractivity contribution in [3.63, 3.8) is 0 Å². The summed E-state index contributed by atoms with van der Waals surface area (Å²) in [6.07, 6.45) is 5.80. The van der Waals surface area contributed by atoms with E-state index in [-0.39, 0.29) is 6.29 Å². The van der Waals surface area contributed by atoms with Gasteiger partial charge in [0, 0.05) is 32.1 Å². The third kappa shape index (κ3) is 3.59. The Hall–Kier alpha value is -0.210. The van der Waals surface area contributed by atoms with Crippen LogP contribution in [0.25, 0.3) is 0 Å². The van der Waals surface area contributed by atoms with Crippen molar-refractivity contribution < 1.29 is 17.9 Å².